The average molecular weight is 298 g/mol. The molecule has 2 N–H and O–H groups in total. The Morgan fingerprint density at radius 1 is 1.32 bits per heavy atom. The average Bonchev–Trinajstić information content (AvgIpc) is 3.07. The molecule has 1 aromatic carbocycles. The number of hydrogen-bond donors (Lipinski definition) is 1. The fourth-order valence-electron chi connectivity index (χ4n) is 3.03. The number of benzene rings is 1. The summed E-state index contributed by atoms with van der Waals surface area (Å²) < 4.78 is 1.91. The fraction of sp³-hybridized carbons (Fsp3) is 0.412. The van der Waals surface area contributed by atoms with Crippen LogP contribution in [-0.4, -0.2) is 39.7 Å². The monoisotopic (exact) mass is 298 g/mol. The first-order valence-electron chi connectivity index (χ1n) is 7.70. The quantitative estimate of drug-likeness (QED) is 0.936. The van der Waals surface area contributed by atoms with Gasteiger partial charge in [-0.1, -0.05) is 18.2 Å². The van der Waals surface area contributed by atoms with E-state index in [1.807, 2.05) is 53.8 Å². The molecular formula is C17H22N4O. The Hall–Kier alpha value is -2.14. The molecule has 1 aliphatic heterocycles. The second-order valence-electron chi connectivity index (χ2n) is 5.96. The molecule has 1 aromatic heterocycles. The first-order chi connectivity index (χ1) is 10.6. The molecule has 3 rings (SSSR count). The summed E-state index contributed by atoms with van der Waals surface area (Å²) in [4.78, 5) is 14.3. The third kappa shape index (κ3) is 2.76. The summed E-state index contributed by atoms with van der Waals surface area (Å²) in [6, 6.07) is 10.1. The van der Waals surface area contributed by atoms with Gasteiger partial charge >= 0.3 is 0 Å². The van der Waals surface area contributed by atoms with Gasteiger partial charge in [-0.25, -0.2) is 4.68 Å². The smallest absolute Gasteiger partial charge is 0.227 e. The summed E-state index contributed by atoms with van der Waals surface area (Å²) in [6.45, 7) is 5.42. The Labute approximate surface area is 130 Å². The Bertz CT molecular complexity index is 677. The van der Waals surface area contributed by atoms with Crippen LogP contribution >= 0.6 is 0 Å². The van der Waals surface area contributed by atoms with Crippen molar-refractivity contribution in [3.05, 3.63) is 47.3 Å². The molecular weight excluding hydrogens is 276 g/mol. The second kappa shape index (κ2) is 5.93. The minimum absolute atomic E-state index is 0.123. The van der Waals surface area contributed by atoms with Crippen LogP contribution in [0.15, 0.2) is 30.3 Å². The van der Waals surface area contributed by atoms with Crippen LogP contribution in [-0.2, 0) is 11.2 Å². The third-order valence-corrected chi connectivity index (χ3v) is 4.35. The number of carbonyl (C=O) groups is 1. The highest BCUT2D eigenvalue weighted by Gasteiger charge is 2.25. The van der Waals surface area contributed by atoms with Gasteiger partial charge in [0.2, 0.25) is 5.91 Å². The Kier molecular flexibility index (Phi) is 3.98. The van der Waals surface area contributed by atoms with Crippen LogP contribution in [0.5, 0.6) is 0 Å². The minimum Gasteiger partial charge on any atom is -0.341 e. The van der Waals surface area contributed by atoms with E-state index in [2.05, 4.69) is 5.10 Å². The van der Waals surface area contributed by atoms with Crippen LogP contribution in [0.2, 0.25) is 0 Å². The van der Waals surface area contributed by atoms with Gasteiger partial charge in [0.05, 0.1) is 17.8 Å². The second-order valence-corrected chi connectivity index (χ2v) is 5.96. The van der Waals surface area contributed by atoms with Gasteiger partial charge in [0.15, 0.2) is 0 Å². The van der Waals surface area contributed by atoms with E-state index in [4.69, 9.17) is 5.73 Å². The lowest BCUT2D eigenvalue weighted by Gasteiger charge is -2.15. The lowest BCUT2D eigenvalue weighted by Crippen LogP contribution is -2.33. The SMILES string of the molecule is Cc1nn(-c2ccccc2)c(C)c1CC(=O)N1CC[C@@H](N)C1. The molecule has 1 amide bonds. The van der Waals surface area contributed by atoms with Crippen molar-refractivity contribution in [3.63, 3.8) is 0 Å². The third-order valence-electron chi connectivity index (χ3n) is 4.35. The van der Waals surface area contributed by atoms with Crippen LogP contribution in [0.1, 0.15) is 23.4 Å². The van der Waals surface area contributed by atoms with Crippen molar-refractivity contribution in [2.45, 2.75) is 32.7 Å². The molecule has 22 heavy (non-hydrogen) atoms. The van der Waals surface area contributed by atoms with Crippen molar-refractivity contribution in [2.75, 3.05) is 13.1 Å². The van der Waals surface area contributed by atoms with E-state index < -0.39 is 0 Å². The molecule has 0 aliphatic carbocycles. The molecule has 2 heterocycles. The molecule has 0 spiro atoms. The predicted molar refractivity (Wildman–Crippen MR) is 85.9 cm³/mol. The molecule has 116 valence electrons. The van der Waals surface area contributed by atoms with Crippen molar-refractivity contribution in [3.8, 4) is 5.69 Å². The number of amides is 1. The number of rotatable bonds is 3. The van der Waals surface area contributed by atoms with Gasteiger partial charge in [0.25, 0.3) is 0 Å². The molecule has 1 fully saturated rings. The van der Waals surface area contributed by atoms with E-state index in [1.165, 1.54) is 0 Å². The van der Waals surface area contributed by atoms with Crippen LogP contribution in [0, 0.1) is 13.8 Å². The van der Waals surface area contributed by atoms with Gasteiger partial charge in [0, 0.05) is 30.4 Å². The van der Waals surface area contributed by atoms with E-state index in [1.54, 1.807) is 0 Å². The molecule has 1 aliphatic rings. The van der Waals surface area contributed by atoms with Crippen LogP contribution in [0.25, 0.3) is 5.69 Å². The molecule has 0 saturated carbocycles. The van der Waals surface area contributed by atoms with Crippen LogP contribution in [0.4, 0.5) is 0 Å². The molecule has 0 bridgehead atoms. The number of aromatic nitrogens is 2. The van der Waals surface area contributed by atoms with Gasteiger partial charge < -0.3 is 10.6 Å². The number of para-hydroxylation sites is 1. The maximum absolute atomic E-state index is 12.4. The predicted octanol–water partition coefficient (Wildman–Crippen LogP) is 1.59. The van der Waals surface area contributed by atoms with Gasteiger partial charge in [-0.3, -0.25) is 4.79 Å². The molecule has 2 aromatic rings. The highest BCUT2D eigenvalue weighted by molar-refractivity contribution is 5.79. The Morgan fingerprint density at radius 2 is 2.05 bits per heavy atom. The molecule has 0 unspecified atom stereocenters. The number of nitrogens with zero attached hydrogens (tertiary/aromatic N) is 3. The topological polar surface area (TPSA) is 64.2 Å². The maximum atomic E-state index is 12.4. The zero-order valence-electron chi connectivity index (χ0n) is 13.1. The van der Waals surface area contributed by atoms with Crippen LogP contribution < -0.4 is 5.73 Å². The zero-order valence-corrected chi connectivity index (χ0v) is 13.1. The molecule has 5 heteroatoms. The van der Waals surface area contributed by atoms with E-state index in [0.717, 1.165) is 35.6 Å². The number of nitrogens with two attached hydrogens (primary N) is 1. The first kappa shape index (κ1) is 14.8. The van der Waals surface area contributed by atoms with Crippen molar-refractivity contribution in [1.82, 2.24) is 14.7 Å². The highest BCUT2D eigenvalue weighted by atomic mass is 16.2. The fourth-order valence-corrected chi connectivity index (χ4v) is 3.03. The first-order valence-corrected chi connectivity index (χ1v) is 7.70. The lowest BCUT2D eigenvalue weighted by molar-refractivity contribution is -0.129. The van der Waals surface area contributed by atoms with Gasteiger partial charge in [0.1, 0.15) is 0 Å². The summed E-state index contributed by atoms with van der Waals surface area (Å²) in [5.41, 5.74) is 9.87. The van der Waals surface area contributed by atoms with E-state index >= 15 is 0 Å². The summed E-state index contributed by atoms with van der Waals surface area (Å²) in [5.74, 6) is 0.145. The van der Waals surface area contributed by atoms with Gasteiger partial charge in [-0.05, 0) is 32.4 Å². The lowest BCUT2D eigenvalue weighted by atomic mass is 10.1. The number of carbonyl (C=O) groups excluding carboxylic acids is 1. The van der Waals surface area contributed by atoms with Crippen molar-refractivity contribution in [2.24, 2.45) is 5.73 Å². The van der Waals surface area contributed by atoms with Gasteiger partial charge in [-0.2, -0.15) is 5.10 Å². The number of likely N-dealkylation sites (tertiary alicyclic amines) is 1. The minimum atomic E-state index is 0.123. The summed E-state index contributed by atoms with van der Waals surface area (Å²) >= 11 is 0. The standard InChI is InChI=1S/C17H22N4O/c1-12-16(10-17(22)20-9-8-14(18)11-20)13(2)21(19-12)15-6-4-3-5-7-15/h3-7,14H,8-11,18H2,1-2H3/t14-/m1/s1. The normalized spacial score (nSPS) is 18.0. The largest absolute Gasteiger partial charge is 0.341 e. The maximum Gasteiger partial charge on any atom is 0.227 e. The molecule has 0 radical (unpaired) electrons. The van der Waals surface area contributed by atoms with E-state index in [-0.39, 0.29) is 11.9 Å². The van der Waals surface area contributed by atoms with E-state index in [9.17, 15) is 4.79 Å². The van der Waals surface area contributed by atoms with Crippen molar-refractivity contribution in [1.29, 1.82) is 0 Å². The summed E-state index contributed by atoms with van der Waals surface area (Å²) in [7, 11) is 0. The van der Waals surface area contributed by atoms with E-state index in [0.29, 0.717) is 13.0 Å². The zero-order chi connectivity index (χ0) is 15.7. The Morgan fingerprint density at radius 3 is 2.68 bits per heavy atom. The molecule has 5 nitrogen and oxygen atoms in total. The summed E-state index contributed by atoms with van der Waals surface area (Å²) in [5, 5.41) is 4.60. The molecule has 1 atom stereocenters. The van der Waals surface area contributed by atoms with Crippen LogP contribution in [0.3, 0.4) is 0 Å². The number of aryl methyl sites for hydroxylation is 1. The molecule has 1 saturated heterocycles. The summed E-state index contributed by atoms with van der Waals surface area (Å²) in [6.07, 6.45) is 1.30. The van der Waals surface area contributed by atoms with Gasteiger partial charge in [-0.15, -0.1) is 0 Å². The highest BCUT2D eigenvalue weighted by Crippen LogP contribution is 2.20. The Balaban J connectivity index is 1.83. The van der Waals surface area contributed by atoms with Crippen molar-refractivity contribution < 1.29 is 4.79 Å². The van der Waals surface area contributed by atoms with Crippen molar-refractivity contribution >= 4 is 5.91 Å². The number of hydrogen-bond acceptors (Lipinski definition) is 3.